The Morgan fingerprint density at radius 1 is 1.33 bits per heavy atom. The molecule has 0 spiro atoms. The molecular weight excluding hydrogens is 356 g/mol. The number of anilines is 1. The zero-order valence-corrected chi connectivity index (χ0v) is 13.2. The summed E-state index contributed by atoms with van der Waals surface area (Å²) >= 11 is 4.51. The number of ether oxygens (including phenoxy) is 1. The highest BCUT2D eigenvalue weighted by Crippen LogP contribution is 2.22. The maximum Gasteiger partial charge on any atom is 0.331 e. The normalized spacial score (nSPS) is 10.5. The second kappa shape index (κ2) is 7.70. The molecule has 0 saturated carbocycles. The summed E-state index contributed by atoms with van der Waals surface area (Å²) in [7, 11) is 0. The van der Waals surface area contributed by atoms with E-state index in [1.165, 1.54) is 17.4 Å². The Bertz CT molecular complexity index is 655. The Morgan fingerprint density at radius 3 is 2.76 bits per heavy atom. The van der Waals surface area contributed by atoms with Crippen LogP contribution in [0.4, 0.5) is 5.13 Å². The molecule has 2 aromatic rings. The van der Waals surface area contributed by atoms with Crippen LogP contribution in [-0.2, 0) is 14.3 Å². The van der Waals surface area contributed by atoms with Gasteiger partial charge in [0, 0.05) is 6.08 Å². The van der Waals surface area contributed by atoms with Crippen LogP contribution in [-0.4, -0.2) is 23.5 Å². The molecule has 0 saturated heterocycles. The molecule has 1 amide bonds. The van der Waals surface area contributed by atoms with Crippen molar-refractivity contribution < 1.29 is 14.3 Å². The number of aromatic nitrogens is 1. The summed E-state index contributed by atoms with van der Waals surface area (Å²) in [4.78, 5) is 27.0. The van der Waals surface area contributed by atoms with Crippen molar-refractivity contribution in [2.45, 2.75) is 0 Å². The van der Waals surface area contributed by atoms with Crippen molar-refractivity contribution in [3.8, 4) is 0 Å². The molecule has 2 rings (SSSR count). The van der Waals surface area contributed by atoms with Crippen LogP contribution in [0.1, 0.15) is 5.56 Å². The SMILES string of the molecule is O=C(COC(=O)/C=C/c1ccccc1)Nc1ncc(Br)s1. The number of carbonyl (C=O) groups is 2. The molecule has 1 N–H and O–H groups in total. The minimum Gasteiger partial charge on any atom is -0.452 e. The summed E-state index contributed by atoms with van der Waals surface area (Å²) < 4.78 is 5.64. The lowest BCUT2D eigenvalue weighted by Gasteiger charge is -2.01. The standard InChI is InChI=1S/C14H11BrN2O3S/c15-11-8-16-14(21-11)17-12(18)9-20-13(19)7-6-10-4-2-1-3-5-10/h1-8H,9H2,(H,16,17,18)/b7-6+. The van der Waals surface area contributed by atoms with Crippen molar-refractivity contribution in [2.24, 2.45) is 0 Å². The third kappa shape index (κ3) is 5.49. The first kappa shape index (κ1) is 15.4. The number of amides is 1. The van der Waals surface area contributed by atoms with Crippen molar-refractivity contribution in [2.75, 3.05) is 11.9 Å². The average molecular weight is 367 g/mol. The molecule has 5 nitrogen and oxygen atoms in total. The number of hydrogen-bond acceptors (Lipinski definition) is 5. The van der Waals surface area contributed by atoms with E-state index in [0.717, 1.165) is 9.35 Å². The summed E-state index contributed by atoms with van der Waals surface area (Å²) in [5.41, 5.74) is 0.881. The van der Waals surface area contributed by atoms with Gasteiger partial charge in [0.25, 0.3) is 5.91 Å². The van der Waals surface area contributed by atoms with Gasteiger partial charge in [0.2, 0.25) is 0 Å². The van der Waals surface area contributed by atoms with E-state index >= 15 is 0 Å². The number of halogens is 1. The lowest BCUT2D eigenvalue weighted by molar-refractivity contribution is -0.142. The highest BCUT2D eigenvalue weighted by atomic mass is 79.9. The predicted octanol–water partition coefficient (Wildman–Crippen LogP) is 3.10. The Balaban J connectivity index is 1.76. The molecule has 0 aliphatic rings. The fourth-order valence-corrected chi connectivity index (χ4v) is 2.50. The lowest BCUT2D eigenvalue weighted by Crippen LogP contribution is -2.19. The molecule has 108 valence electrons. The highest BCUT2D eigenvalue weighted by molar-refractivity contribution is 9.11. The molecule has 1 aromatic heterocycles. The Kier molecular flexibility index (Phi) is 5.65. The Labute approximate surface area is 133 Å². The number of benzene rings is 1. The van der Waals surface area contributed by atoms with E-state index < -0.39 is 11.9 Å². The first-order valence-electron chi connectivity index (χ1n) is 5.94. The first-order valence-corrected chi connectivity index (χ1v) is 7.55. The summed E-state index contributed by atoms with van der Waals surface area (Å²) in [5, 5.41) is 2.98. The van der Waals surface area contributed by atoms with Gasteiger partial charge in [-0.25, -0.2) is 9.78 Å². The number of rotatable bonds is 5. The lowest BCUT2D eigenvalue weighted by atomic mass is 10.2. The summed E-state index contributed by atoms with van der Waals surface area (Å²) in [6.07, 6.45) is 4.48. The van der Waals surface area contributed by atoms with E-state index in [-0.39, 0.29) is 6.61 Å². The molecular formula is C14H11BrN2O3S. The molecule has 1 heterocycles. The second-order valence-corrected chi connectivity index (χ2v) is 6.28. The molecule has 21 heavy (non-hydrogen) atoms. The number of nitrogens with one attached hydrogen (secondary N) is 1. The van der Waals surface area contributed by atoms with Crippen molar-refractivity contribution in [3.05, 3.63) is 52.0 Å². The van der Waals surface area contributed by atoms with Gasteiger partial charge in [-0.3, -0.25) is 10.1 Å². The number of thiazole rings is 1. The van der Waals surface area contributed by atoms with E-state index in [9.17, 15) is 9.59 Å². The van der Waals surface area contributed by atoms with Crippen LogP contribution in [0, 0.1) is 0 Å². The van der Waals surface area contributed by atoms with E-state index in [2.05, 4.69) is 26.2 Å². The average Bonchev–Trinajstić information content (AvgIpc) is 2.89. The summed E-state index contributed by atoms with van der Waals surface area (Å²) in [6, 6.07) is 9.33. The zero-order valence-electron chi connectivity index (χ0n) is 10.8. The van der Waals surface area contributed by atoms with Gasteiger partial charge in [-0.2, -0.15) is 0 Å². The largest absolute Gasteiger partial charge is 0.452 e. The second-order valence-electron chi connectivity index (χ2n) is 3.87. The van der Waals surface area contributed by atoms with Crippen LogP contribution in [0.5, 0.6) is 0 Å². The monoisotopic (exact) mass is 366 g/mol. The van der Waals surface area contributed by atoms with Gasteiger partial charge in [0.15, 0.2) is 11.7 Å². The first-order chi connectivity index (χ1) is 10.1. The topological polar surface area (TPSA) is 68.3 Å². The van der Waals surface area contributed by atoms with Gasteiger partial charge >= 0.3 is 5.97 Å². The van der Waals surface area contributed by atoms with Crippen LogP contribution < -0.4 is 5.32 Å². The predicted molar refractivity (Wildman–Crippen MR) is 84.9 cm³/mol. The fourth-order valence-electron chi connectivity index (χ4n) is 1.38. The summed E-state index contributed by atoms with van der Waals surface area (Å²) in [5.74, 6) is -1.01. The molecule has 0 bridgehead atoms. The van der Waals surface area contributed by atoms with Crippen molar-refractivity contribution in [1.29, 1.82) is 0 Å². The number of carbonyl (C=O) groups excluding carboxylic acids is 2. The van der Waals surface area contributed by atoms with Crippen LogP contribution in [0.3, 0.4) is 0 Å². The highest BCUT2D eigenvalue weighted by Gasteiger charge is 2.07. The Morgan fingerprint density at radius 2 is 2.10 bits per heavy atom. The smallest absolute Gasteiger partial charge is 0.331 e. The molecule has 0 atom stereocenters. The number of nitrogens with zero attached hydrogens (tertiary/aromatic N) is 1. The number of hydrogen-bond donors (Lipinski definition) is 1. The van der Waals surface area contributed by atoms with Gasteiger partial charge in [0.05, 0.1) is 9.98 Å². The van der Waals surface area contributed by atoms with E-state index in [4.69, 9.17) is 4.74 Å². The molecule has 1 aromatic carbocycles. The fraction of sp³-hybridized carbons (Fsp3) is 0.0714. The van der Waals surface area contributed by atoms with Crippen LogP contribution in [0.2, 0.25) is 0 Å². The Hall–Kier alpha value is -1.99. The van der Waals surface area contributed by atoms with Gasteiger partial charge < -0.3 is 4.74 Å². The van der Waals surface area contributed by atoms with Crippen molar-refractivity contribution in [1.82, 2.24) is 4.98 Å². The van der Waals surface area contributed by atoms with Gasteiger partial charge in [-0.05, 0) is 27.6 Å². The van der Waals surface area contributed by atoms with Crippen LogP contribution in [0.15, 0.2) is 46.4 Å². The molecule has 0 aliphatic carbocycles. The van der Waals surface area contributed by atoms with Gasteiger partial charge in [-0.1, -0.05) is 41.7 Å². The van der Waals surface area contributed by atoms with E-state index in [1.807, 2.05) is 30.3 Å². The zero-order chi connectivity index (χ0) is 15.1. The molecule has 0 unspecified atom stereocenters. The van der Waals surface area contributed by atoms with Gasteiger partial charge in [0.1, 0.15) is 0 Å². The summed E-state index contributed by atoms with van der Waals surface area (Å²) in [6.45, 7) is -0.352. The molecule has 0 aliphatic heterocycles. The van der Waals surface area contributed by atoms with Crippen LogP contribution in [0.25, 0.3) is 6.08 Å². The third-order valence-corrected chi connectivity index (χ3v) is 3.67. The minimum absolute atomic E-state index is 0.352. The third-order valence-electron chi connectivity index (χ3n) is 2.28. The van der Waals surface area contributed by atoms with Crippen LogP contribution >= 0.6 is 27.3 Å². The van der Waals surface area contributed by atoms with E-state index in [0.29, 0.717) is 5.13 Å². The van der Waals surface area contributed by atoms with Gasteiger partial charge in [-0.15, -0.1) is 0 Å². The maximum absolute atomic E-state index is 11.5. The molecule has 0 fully saturated rings. The minimum atomic E-state index is -0.575. The maximum atomic E-state index is 11.5. The quantitative estimate of drug-likeness (QED) is 0.651. The number of esters is 1. The van der Waals surface area contributed by atoms with Crippen molar-refractivity contribution in [3.63, 3.8) is 0 Å². The van der Waals surface area contributed by atoms with E-state index in [1.54, 1.807) is 12.3 Å². The molecule has 0 radical (unpaired) electrons. The van der Waals surface area contributed by atoms with Crippen molar-refractivity contribution >= 4 is 50.4 Å². The molecule has 7 heteroatoms.